The fraction of sp³-hybridized carbons (Fsp3) is 0.464. The second-order valence-electron chi connectivity index (χ2n) is 10.7. The molecule has 2 amide bonds. The van der Waals surface area contributed by atoms with E-state index >= 15 is 0 Å². The lowest BCUT2D eigenvalue weighted by Crippen LogP contribution is -2.57. The maximum Gasteiger partial charge on any atom is 0.273 e. The zero-order valence-corrected chi connectivity index (χ0v) is 21.7. The van der Waals surface area contributed by atoms with Crippen molar-refractivity contribution in [1.29, 1.82) is 0 Å². The summed E-state index contributed by atoms with van der Waals surface area (Å²) in [6, 6.07) is 7.12. The molecule has 2 saturated carbocycles. The summed E-state index contributed by atoms with van der Waals surface area (Å²) in [6.45, 7) is 2.32. The Kier molecular flexibility index (Phi) is 6.76. The van der Waals surface area contributed by atoms with Gasteiger partial charge in [0.05, 0.1) is 24.1 Å². The standard InChI is InChI=1S/C28H31FN6O4/c1-38-18-5-6-19(21(29)13-18)24-14-23(34-39-24)26(37)32-22-7-12-35(15-17-3-4-17)16-20(22)25(36)33-28(8-9-28)27-30-10-2-11-31-27/h2,5-6,10-11,13-14,17,20,22H,3-4,7-9,12,15-16H2,1H3,(H,32,37)(H,33,36)/t20-,22-/m1/s1. The lowest BCUT2D eigenvalue weighted by molar-refractivity contribution is -0.128. The van der Waals surface area contributed by atoms with Crippen molar-refractivity contribution in [2.24, 2.45) is 11.8 Å². The Bertz CT molecular complexity index is 1360. The van der Waals surface area contributed by atoms with E-state index in [4.69, 9.17) is 9.26 Å². The first-order chi connectivity index (χ1) is 18.9. The zero-order chi connectivity index (χ0) is 27.0. The Balaban J connectivity index is 1.17. The van der Waals surface area contributed by atoms with Gasteiger partial charge in [-0.1, -0.05) is 5.16 Å². The van der Waals surface area contributed by atoms with E-state index in [-0.39, 0.29) is 22.9 Å². The predicted octanol–water partition coefficient (Wildman–Crippen LogP) is 2.92. The highest BCUT2D eigenvalue weighted by atomic mass is 19.1. The largest absolute Gasteiger partial charge is 0.497 e. The number of methoxy groups -OCH3 is 1. The van der Waals surface area contributed by atoms with Gasteiger partial charge in [-0.3, -0.25) is 9.59 Å². The van der Waals surface area contributed by atoms with E-state index in [9.17, 15) is 14.0 Å². The molecule has 0 bridgehead atoms. The van der Waals surface area contributed by atoms with Crippen LogP contribution in [0, 0.1) is 17.7 Å². The van der Waals surface area contributed by atoms with Gasteiger partial charge in [0.1, 0.15) is 11.6 Å². The quantitative estimate of drug-likeness (QED) is 0.430. The maximum absolute atomic E-state index is 14.5. The number of piperidine rings is 1. The molecule has 1 saturated heterocycles. The molecule has 11 heteroatoms. The summed E-state index contributed by atoms with van der Waals surface area (Å²) in [5.41, 5.74) is -0.350. The molecule has 1 aromatic carbocycles. The summed E-state index contributed by atoms with van der Waals surface area (Å²) in [7, 11) is 1.45. The molecule has 2 aliphatic carbocycles. The number of halogens is 1. The summed E-state index contributed by atoms with van der Waals surface area (Å²) in [5.74, 6) is 0.230. The van der Waals surface area contributed by atoms with Crippen molar-refractivity contribution in [3.63, 3.8) is 0 Å². The Morgan fingerprint density at radius 2 is 1.97 bits per heavy atom. The minimum Gasteiger partial charge on any atom is -0.497 e. The first-order valence-electron chi connectivity index (χ1n) is 13.4. The number of nitrogens with one attached hydrogen (secondary N) is 2. The van der Waals surface area contributed by atoms with Gasteiger partial charge in [-0.2, -0.15) is 0 Å². The van der Waals surface area contributed by atoms with Crippen LogP contribution in [0.5, 0.6) is 5.75 Å². The summed E-state index contributed by atoms with van der Waals surface area (Å²) < 4.78 is 24.8. The molecule has 0 unspecified atom stereocenters. The van der Waals surface area contributed by atoms with E-state index in [0.29, 0.717) is 30.5 Å². The zero-order valence-electron chi connectivity index (χ0n) is 21.7. The molecule has 2 N–H and O–H groups in total. The number of nitrogens with zero attached hydrogens (tertiary/aromatic N) is 4. The van der Waals surface area contributed by atoms with Crippen molar-refractivity contribution in [1.82, 2.24) is 30.7 Å². The van der Waals surface area contributed by atoms with Crippen LogP contribution in [0.2, 0.25) is 0 Å². The van der Waals surface area contributed by atoms with Gasteiger partial charge in [0.2, 0.25) is 5.91 Å². The van der Waals surface area contributed by atoms with Crippen molar-refractivity contribution in [3.05, 3.63) is 60.1 Å². The highest BCUT2D eigenvalue weighted by Gasteiger charge is 2.50. The van der Waals surface area contributed by atoms with Crippen LogP contribution >= 0.6 is 0 Å². The van der Waals surface area contributed by atoms with Gasteiger partial charge >= 0.3 is 0 Å². The van der Waals surface area contributed by atoms with Crippen molar-refractivity contribution < 1.29 is 23.2 Å². The fourth-order valence-corrected chi connectivity index (χ4v) is 5.27. The van der Waals surface area contributed by atoms with Gasteiger partial charge in [-0.15, -0.1) is 0 Å². The third-order valence-electron chi connectivity index (χ3n) is 7.85. The van der Waals surface area contributed by atoms with Crippen molar-refractivity contribution in [2.75, 3.05) is 26.7 Å². The number of hydrogen-bond acceptors (Lipinski definition) is 8. The number of carbonyl (C=O) groups is 2. The summed E-state index contributed by atoms with van der Waals surface area (Å²) in [5, 5.41) is 10.1. The molecule has 39 heavy (non-hydrogen) atoms. The van der Waals surface area contributed by atoms with E-state index in [0.717, 1.165) is 25.9 Å². The minimum atomic E-state index is -0.548. The van der Waals surface area contributed by atoms with Crippen LogP contribution in [0.4, 0.5) is 4.39 Å². The molecule has 3 fully saturated rings. The molecule has 3 aromatic rings. The van der Waals surface area contributed by atoms with Gasteiger partial charge in [-0.25, -0.2) is 14.4 Å². The minimum absolute atomic E-state index is 0.0242. The van der Waals surface area contributed by atoms with Crippen LogP contribution in [0.15, 0.2) is 47.2 Å². The maximum atomic E-state index is 14.5. The fourth-order valence-electron chi connectivity index (χ4n) is 5.27. The Hall–Kier alpha value is -3.86. The molecule has 3 heterocycles. The number of carbonyl (C=O) groups excluding carboxylic acids is 2. The second-order valence-corrected chi connectivity index (χ2v) is 10.7. The van der Waals surface area contributed by atoms with Crippen molar-refractivity contribution in [2.45, 2.75) is 43.7 Å². The van der Waals surface area contributed by atoms with Crippen LogP contribution < -0.4 is 15.4 Å². The van der Waals surface area contributed by atoms with Crippen LogP contribution in [-0.4, -0.2) is 64.6 Å². The normalized spacial score (nSPS) is 22.2. The number of benzene rings is 1. The highest BCUT2D eigenvalue weighted by molar-refractivity contribution is 5.94. The number of likely N-dealkylation sites (tertiary alicyclic amines) is 1. The SMILES string of the molecule is COc1ccc(-c2cc(C(=O)N[C@@H]3CCN(CC4CC4)C[C@H]3C(=O)NC3(c4ncccn4)CC3)no2)c(F)c1. The van der Waals surface area contributed by atoms with Gasteiger partial charge in [-0.05, 0) is 56.2 Å². The molecule has 2 atom stereocenters. The van der Waals surface area contributed by atoms with Crippen molar-refractivity contribution in [3.8, 4) is 17.1 Å². The topological polar surface area (TPSA) is 122 Å². The molecule has 204 valence electrons. The predicted molar refractivity (Wildman–Crippen MR) is 138 cm³/mol. The molecule has 10 nitrogen and oxygen atoms in total. The summed E-state index contributed by atoms with van der Waals surface area (Å²) >= 11 is 0. The number of amides is 2. The van der Waals surface area contributed by atoms with E-state index < -0.39 is 29.2 Å². The molecular formula is C28H31FN6O4. The first kappa shape index (κ1) is 25.4. The van der Waals surface area contributed by atoms with Crippen LogP contribution in [0.3, 0.4) is 0 Å². The van der Waals surface area contributed by atoms with E-state index in [1.165, 1.54) is 38.2 Å². The summed E-state index contributed by atoms with van der Waals surface area (Å²) in [4.78, 5) is 37.9. The third-order valence-corrected chi connectivity index (χ3v) is 7.85. The third kappa shape index (κ3) is 5.49. The molecule has 0 spiro atoms. The Morgan fingerprint density at radius 1 is 1.18 bits per heavy atom. The first-order valence-corrected chi connectivity index (χ1v) is 13.4. The average molecular weight is 535 g/mol. The van der Waals surface area contributed by atoms with Crippen LogP contribution in [0.1, 0.15) is 48.4 Å². The summed E-state index contributed by atoms with van der Waals surface area (Å²) in [6.07, 6.45) is 8.00. The molecule has 3 aliphatic rings. The highest BCUT2D eigenvalue weighted by Crippen LogP contribution is 2.44. The molecular weight excluding hydrogens is 503 g/mol. The second kappa shape index (κ2) is 10.4. The van der Waals surface area contributed by atoms with E-state index in [1.807, 2.05) is 0 Å². The average Bonchev–Trinajstić information content (AvgIpc) is 3.88. The van der Waals surface area contributed by atoms with E-state index in [1.54, 1.807) is 24.5 Å². The Morgan fingerprint density at radius 3 is 2.67 bits per heavy atom. The van der Waals surface area contributed by atoms with Crippen LogP contribution in [0.25, 0.3) is 11.3 Å². The molecule has 0 radical (unpaired) electrons. The Labute approximate surface area is 225 Å². The van der Waals surface area contributed by atoms with Crippen LogP contribution in [-0.2, 0) is 10.3 Å². The van der Waals surface area contributed by atoms with Gasteiger partial charge in [0.15, 0.2) is 17.3 Å². The van der Waals surface area contributed by atoms with Crippen molar-refractivity contribution >= 4 is 11.8 Å². The smallest absolute Gasteiger partial charge is 0.273 e. The molecule has 2 aromatic heterocycles. The number of aromatic nitrogens is 3. The number of ether oxygens (including phenoxy) is 1. The van der Waals surface area contributed by atoms with E-state index in [2.05, 4.69) is 30.7 Å². The monoisotopic (exact) mass is 534 g/mol. The number of rotatable bonds is 9. The van der Waals surface area contributed by atoms with Gasteiger partial charge in [0, 0.05) is 50.2 Å². The lowest BCUT2D eigenvalue weighted by Gasteiger charge is -2.38. The molecule has 6 rings (SSSR count). The molecule has 1 aliphatic heterocycles. The van der Waals surface area contributed by atoms with Gasteiger partial charge < -0.3 is 24.8 Å². The lowest BCUT2D eigenvalue weighted by atomic mass is 9.90. The van der Waals surface area contributed by atoms with Gasteiger partial charge in [0.25, 0.3) is 5.91 Å². The number of hydrogen-bond donors (Lipinski definition) is 2.